The average molecular weight is 274 g/mol. The second-order valence-electron chi connectivity index (χ2n) is 3.74. The number of hydrogen-bond acceptors (Lipinski definition) is 2. The van der Waals surface area contributed by atoms with Gasteiger partial charge in [0, 0.05) is 0 Å². The molecule has 0 N–H and O–H groups in total. The maximum absolute atomic E-state index is 13.5. The van der Waals surface area contributed by atoms with Crippen LogP contribution >= 0.6 is 0 Å². The van der Waals surface area contributed by atoms with Crippen LogP contribution in [0.3, 0.4) is 0 Å². The zero-order valence-corrected chi connectivity index (χ0v) is 9.33. The Labute approximate surface area is 105 Å². The van der Waals surface area contributed by atoms with E-state index in [0.29, 0.717) is 0 Å². The largest absolute Gasteiger partial charge is 0.454 e. The summed E-state index contributed by atoms with van der Waals surface area (Å²) in [6.45, 7) is 0. The molecular formula is C12H7F5N2. The van der Waals surface area contributed by atoms with Gasteiger partial charge in [-0.1, -0.05) is 30.3 Å². The van der Waals surface area contributed by atoms with E-state index in [2.05, 4.69) is 0 Å². The summed E-state index contributed by atoms with van der Waals surface area (Å²) < 4.78 is 64.3. The molecule has 0 bridgehead atoms. The van der Waals surface area contributed by atoms with Crippen LogP contribution < -0.4 is 0 Å². The number of benzene rings is 1. The lowest BCUT2D eigenvalue weighted by atomic mass is 9.82. The zero-order valence-electron chi connectivity index (χ0n) is 9.33. The van der Waals surface area contributed by atoms with Crippen LogP contribution in [0.2, 0.25) is 0 Å². The molecule has 0 saturated carbocycles. The first-order valence-corrected chi connectivity index (χ1v) is 5.04. The van der Waals surface area contributed by atoms with Crippen molar-refractivity contribution in [2.24, 2.45) is 5.92 Å². The molecular weight excluding hydrogens is 267 g/mol. The molecule has 0 fully saturated rings. The van der Waals surface area contributed by atoms with Gasteiger partial charge in [0.2, 0.25) is 0 Å². The number of nitriles is 2. The van der Waals surface area contributed by atoms with Crippen molar-refractivity contribution < 1.29 is 22.0 Å². The molecule has 2 nitrogen and oxygen atoms in total. The molecule has 1 aromatic rings. The zero-order chi connectivity index (χ0) is 14.7. The number of halogens is 5. The van der Waals surface area contributed by atoms with E-state index in [4.69, 9.17) is 10.5 Å². The van der Waals surface area contributed by atoms with Gasteiger partial charge in [-0.2, -0.15) is 32.5 Å². The molecule has 0 amide bonds. The van der Waals surface area contributed by atoms with Gasteiger partial charge in [-0.05, 0) is 5.56 Å². The van der Waals surface area contributed by atoms with Crippen LogP contribution in [0.1, 0.15) is 11.5 Å². The highest BCUT2D eigenvalue weighted by Crippen LogP contribution is 2.48. The summed E-state index contributed by atoms with van der Waals surface area (Å²) in [4.78, 5) is 0. The predicted octanol–water partition coefficient (Wildman–Crippen LogP) is 3.63. The van der Waals surface area contributed by atoms with Crippen LogP contribution in [0.5, 0.6) is 0 Å². The highest BCUT2D eigenvalue weighted by molar-refractivity contribution is 5.28. The topological polar surface area (TPSA) is 47.6 Å². The molecule has 1 unspecified atom stereocenters. The van der Waals surface area contributed by atoms with Crippen molar-refractivity contribution in [3.05, 3.63) is 35.9 Å². The lowest BCUT2D eigenvalue weighted by molar-refractivity contribution is -0.293. The summed E-state index contributed by atoms with van der Waals surface area (Å²) in [5.74, 6) is -9.81. The maximum atomic E-state index is 13.5. The Bertz CT molecular complexity index is 496. The fourth-order valence-electron chi connectivity index (χ4n) is 1.63. The van der Waals surface area contributed by atoms with E-state index < -0.39 is 29.5 Å². The molecule has 0 aromatic heterocycles. The molecule has 1 atom stereocenters. The molecule has 0 saturated heterocycles. The van der Waals surface area contributed by atoms with Gasteiger partial charge in [0.05, 0.1) is 18.1 Å². The van der Waals surface area contributed by atoms with E-state index in [1.54, 1.807) is 0 Å². The summed E-state index contributed by atoms with van der Waals surface area (Å²) in [5, 5.41) is 17.2. The summed E-state index contributed by atoms with van der Waals surface area (Å²) in [5.41, 5.74) is -0.405. The van der Waals surface area contributed by atoms with Gasteiger partial charge in [-0.25, -0.2) is 0 Å². The normalized spacial score (nSPS) is 13.7. The first-order chi connectivity index (χ1) is 8.75. The summed E-state index contributed by atoms with van der Waals surface area (Å²) in [7, 11) is 0. The van der Waals surface area contributed by atoms with Gasteiger partial charge in [-0.3, -0.25) is 0 Å². The van der Waals surface area contributed by atoms with Gasteiger partial charge in [0.25, 0.3) is 0 Å². The third-order valence-electron chi connectivity index (χ3n) is 2.54. The lowest BCUT2D eigenvalue weighted by Crippen LogP contribution is -2.44. The average Bonchev–Trinajstić information content (AvgIpc) is 2.35. The maximum Gasteiger partial charge on any atom is 0.454 e. The smallest absolute Gasteiger partial charge is 0.197 e. The Morgan fingerprint density at radius 2 is 1.37 bits per heavy atom. The van der Waals surface area contributed by atoms with Crippen molar-refractivity contribution >= 4 is 0 Å². The number of hydrogen-bond donors (Lipinski definition) is 0. The van der Waals surface area contributed by atoms with Crippen LogP contribution in [0.15, 0.2) is 30.3 Å². The Kier molecular flexibility index (Phi) is 4.10. The van der Waals surface area contributed by atoms with Crippen LogP contribution in [0.4, 0.5) is 22.0 Å². The van der Waals surface area contributed by atoms with Gasteiger partial charge >= 0.3 is 12.1 Å². The predicted molar refractivity (Wildman–Crippen MR) is 54.9 cm³/mol. The summed E-state index contributed by atoms with van der Waals surface area (Å²) in [6.07, 6.45) is -5.83. The van der Waals surface area contributed by atoms with E-state index in [-0.39, 0.29) is 0 Å². The molecule has 1 rings (SSSR count). The lowest BCUT2D eigenvalue weighted by Gasteiger charge is -2.29. The number of rotatable bonds is 3. The van der Waals surface area contributed by atoms with Crippen LogP contribution in [0, 0.1) is 28.6 Å². The van der Waals surface area contributed by atoms with Crippen molar-refractivity contribution in [3.63, 3.8) is 0 Å². The summed E-state index contributed by atoms with van der Waals surface area (Å²) >= 11 is 0. The minimum absolute atomic E-state index is 0.405. The minimum atomic E-state index is -5.83. The SMILES string of the molecule is N#CC(C#N)C(c1ccccc1)C(F)(F)C(F)(F)F. The first kappa shape index (κ1) is 14.9. The second-order valence-corrected chi connectivity index (χ2v) is 3.74. The molecule has 0 aliphatic carbocycles. The van der Waals surface area contributed by atoms with E-state index >= 15 is 0 Å². The molecule has 19 heavy (non-hydrogen) atoms. The van der Waals surface area contributed by atoms with Crippen LogP contribution in [0.25, 0.3) is 0 Å². The molecule has 0 aliphatic heterocycles. The van der Waals surface area contributed by atoms with Gasteiger partial charge < -0.3 is 0 Å². The number of alkyl halides is 5. The van der Waals surface area contributed by atoms with E-state index in [0.717, 1.165) is 12.1 Å². The monoisotopic (exact) mass is 274 g/mol. The van der Waals surface area contributed by atoms with Crippen LogP contribution in [-0.4, -0.2) is 12.1 Å². The Morgan fingerprint density at radius 3 is 1.74 bits per heavy atom. The fourth-order valence-corrected chi connectivity index (χ4v) is 1.63. The number of nitrogens with zero attached hydrogens (tertiary/aromatic N) is 2. The van der Waals surface area contributed by atoms with Gasteiger partial charge in [-0.15, -0.1) is 0 Å². The molecule has 0 heterocycles. The molecule has 1 aromatic carbocycles. The van der Waals surface area contributed by atoms with Gasteiger partial charge in [0.15, 0.2) is 0 Å². The highest BCUT2D eigenvalue weighted by atomic mass is 19.4. The van der Waals surface area contributed by atoms with Crippen molar-refractivity contribution in [1.29, 1.82) is 10.5 Å². The van der Waals surface area contributed by atoms with Crippen molar-refractivity contribution in [2.45, 2.75) is 18.0 Å². The third-order valence-corrected chi connectivity index (χ3v) is 2.54. The Hall–Kier alpha value is -2.15. The molecule has 0 spiro atoms. The summed E-state index contributed by atoms with van der Waals surface area (Å²) in [6, 6.07) is 8.40. The molecule has 0 aliphatic rings. The van der Waals surface area contributed by atoms with Crippen molar-refractivity contribution in [1.82, 2.24) is 0 Å². The van der Waals surface area contributed by atoms with E-state index in [1.807, 2.05) is 0 Å². The standard InChI is InChI=1S/C12H7F5N2/c13-11(14,12(15,16)17)10(9(6-18)7-19)8-4-2-1-3-5-8/h1-5,9-10H. The van der Waals surface area contributed by atoms with Crippen molar-refractivity contribution in [3.8, 4) is 12.1 Å². The first-order valence-electron chi connectivity index (χ1n) is 5.04. The Balaban J connectivity index is 3.39. The molecule has 100 valence electrons. The quantitative estimate of drug-likeness (QED) is 0.790. The third kappa shape index (κ3) is 2.82. The molecule has 7 heteroatoms. The highest BCUT2D eigenvalue weighted by Gasteiger charge is 2.64. The Morgan fingerprint density at radius 1 is 0.895 bits per heavy atom. The minimum Gasteiger partial charge on any atom is -0.197 e. The van der Waals surface area contributed by atoms with E-state index in [9.17, 15) is 22.0 Å². The molecule has 0 radical (unpaired) electrons. The van der Waals surface area contributed by atoms with Crippen molar-refractivity contribution in [2.75, 3.05) is 0 Å². The van der Waals surface area contributed by atoms with E-state index in [1.165, 1.54) is 30.3 Å². The second kappa shape index (κ2) is 5.23. The van der Waals surface area contributed by atoms with Gasteiger partial charge in [0.1, 0.15) is 5.92 Å². The fraction of sp³-hybridized carbons (Fsp3) is 0.333. The van der Waals surface area contributed by atoms with Crippen LogP contribution in [-0.2, 0) is 0 Å².